The van der Waals surface area contributed by atoms with Gasteiger partial charge in [0.25, 0.3) is 10.0 Å². The van der Waals surface area contributed by atoms with Gasteiger partial charge in [0.1, 0.15) is 24.1 Å². The van der Waals surface area contributed by atoms with E-state index in [4.69, 9.17) is 9.47 Å². The number of anilines is 1. The highest BCUT2D eigenvalue weighted by molar-refractivity contribution is 7.92. The molecule has 0 heterocycles. The van der Waals surface area contributed by atoms with Crippen molar-refractivity contribution in [2.45, 2.75) is 51.1 Å². The number of nitrogens with zero attached hydrogens (tertiary/aromatic N) is 2. The summed E-state index contributed by atoms with van der Waals surface area (Å²) in [4.78, 5) is 28.7. The van der Waals surface area contributed by atoms with E-state index in [1.165, 1.54) is 24.1 Å². The van der Waals surface area contributed by atoms with Crippen molar-refractivity contribution < 1.29 is 27.5 Å². The van der Waals surface area contributed by atoms with Crippen molar-refractivity contribution in [3.05, 3.63) is 83.9 Å². The number of rotatable bonds is 14. The van der Waals surface area contributed by atoms with Crippen molar-refractivity contribution in [3.8, 4) is 11.5 Å². The summed E-state index contributed by atoms with van der Waals surface area (Å²) >= 11 is 0. The van der Waals surface area contributed by atoms with Gasteiger partial charge >= 0.3 is 0 Å². The third kappa shape index (κ3) is 8.00. The molecule has 1 atom stereocenters. The van der Waals surface area contributed by atoms with Crippen molar-refractivity contribution in [2.75, 3.05) is 31.6 Å². The lowest BCUT2D eigenvalue weighted by Crippen LogP contribution is -2.52. The van der Waals surface area contributed by atoms with Gasteiger partial charge in [-0.1, -0.05) is 43.7 Å². The van der Waals surface area contributed by atoms with Gasteiger partial charge in [-0.15, -0.1) is 0 Å². The second-order valence-corrected chi connectivity index (χ2v) is 11.5. The maximum Gasteiger partial charge on any atom is 0.264 e. The van der Waals surface area contributed by atoms with Gasteiger partial charge in [0.2, 0.25) is 11.8 Å². The van der Waals surface area contributed by atoms with E-state index in [1.807, 2.05) is 32.9 Å². The molecule has 1 N–H and O–H groups in total. The predicted octanol–water partition coefficient (Wildman–Crippen LogP) is 4.54. The monoisotopic (exact) mass is 581 g/mol. The summed E-state index contributed by atoms with van der Waals surface area (Å²) in [5.41, 5.74) is 2.06. The molecule has 0 fully saturated rings. The summed E-state index contributed by atoms with van der Waals surface area (Å²) in [6.45, 7) is 5.77. The molecule has 0 saturated heterocycles. The zero-order valence-electron chi connectivity index (χ0n) is 24.3. The lowest BCUT2D eigenvalue weighted by Gasteiger charge is -2.33. The third-order valence-corrected chi connectivity index (χ3v) is 8.48. The van der Waals surface area contributed by atoms with Crippen LogP contribution in [0.25, 0.3) is 0 Å². The summed E-state index contributed by atoms with van der Waals surface area (Å²) in [7, 11) is -1.09. The van der Waals surface area contributed by atoms with Crippen LogP contribution in [0, 0.1) is 6.92 Å². The molecule has 3 aromatic carbocycles. The Balaban J connectivity index is 2.04. The number of benzene rings is 3. The molecule has 3 rings (SSSR count). The third-order valence-electron chi connectivity index (χ3n) is 6.70. The topological polar surface area (TPSA) is 105 Å². The van der Waals surface area contributed by atoms with Crippen molar-refractivity contribution in [1.29, 1.82) is 0 Å². The predicted molar refractivity (Wildman–Crippen MR) is 160 cm³/mol. The Morgan fingerprint density at radius 2 is 1.41 bits per heavy atom. The zero-order chi connectivity index (χ0) is 30.0. The van der Waals surface area contributed by atoms with Gasteiger partial charge in [0, 0.05) is 13.1 Å². The number of ether oxygens (including phenoxy) is 2. The number of carbonyl (C=O) groups is 2. The lowest BCUT2D eigenvalue weighted by atomic mass is 10.1. The van der Waals surface area contributed by atoms with Crippen LogP contribution in [0.3, 0.4) is 0 Å². The Kier molecular flexibility index (Phi) is 11.2. The fourth-order valence-corrected chi connectivity index (χ4v) is 5.74. The molecule has 10 heteroatoms. The molecular formula is C31H39N3O6S. The first kappa shape index (κ1) is 31.5. The summed E-state index contributed by atoms with van der Waals surface area (Å²) in [6.07, 6.45) is 1.10. The Hall–Kier alpha value is -4.05. The first-order chi connectivity index (χ1) is 19.6. The van der Waals surface area contributed by atoms with E-state index >= 15 is 0 Å². The molecule has 0 unspecified atom stereocenters. The van der Waals surface area contributed by atoms with Gasteiger partial charge in [-0.05, 0) is 73.9 Å². The van der Waals surface area contributed by atoms with Crippen molar-refractivity contribution >= 4 is 27.5 Å². The smallest absolute Gasteiger partial charge is 0.264 e. The van der Waals surface area contributed by atoms with Gasteiger partial charge in [-0.2, -0.15) is 0 Å². The number of hydrogen-bond donors (Lipinski definition) is 1. The number of hydrogen-bond acceptors (Lipinski definition) is 6. The van der Waals surface area contributed by atoms with Gasteiger partial charge < -0.3 is 19.7 Å². The molecule has 9 nitrogen and oxygen atoms in total. The molecule has 0 aliphatic rings. The van der Waals surface area contributed by atoms with Gasteiger partial charge in [-0.3, -0.25) is 13.9 Å². The molecule has 220 valence electrons. The maximum atomic E-state index is 14.1. The van der Waals surface area contributed by atoms with Gasteiger partial charge in [0.05, 0.1) is 24.8 Å². The molecule has 41 heavy (non-hydrogen) atoms. The van der Waals surface area contributed by atoms with Crippen LogP contribution in [0.5, 0.6) is 11.5 Å². The average Bonchev–Trinajstić information content (AvgIpc) is 2.99. The lowest BCUT2D eigenvalue weighted by molar-refractivity contribution is -0.140. The standard InChI is InChI=1S/C31H39N3O6S/c1-6-20-32-31(36)29(7-2)33(21-24-10-14-26(39-4)15-11-24)30(35)22-34(25-12-8-23(3)9-13-25)41(37,38)28-18-16-27(40-5)17-19-28/h8-19,29H,6-7,20-22H2,1-5H3,(H,32,36)/t29-/m1/s1. The van der Waals surface area contributed by atoms with E-state index in [0.29, 0.717) is 30.2 Å². The van der Waals surface area contributed by atoms with Crippen LogP contribution in [-0.2, 0) is 26.2 Å². The van der Waals surface area contributed by atoms with Crippen LogP contribution in [0.15, 0.2) is 77.7 Å². The Morgan fingerprint density at radius 1 is 0.854 bits per heavy atom. The van der Waals surface area contributed by atoms with Crippen molar-refractivity contribution in [3.63, 3.8) is 0 Å². The fourth-order valence-electron chi connectivity index (χ4n) is 4.33. The number of aryl methyl sites for hydroxylation is 1. The molecule has 0 aliphatic heterocycles. The number of amides is 2. The van der Waals surface area contributed by atoms with Crippen LogP contribution in [0.1, 0.15) is 37.8 Å². The largest absolute Gasteiger partial charge is 0.497 e. The Bertz CT molecular complexity index is 1390. The molecule has 0 aromatic heterocycles. The molecule has 0 radical (unpaired) electrons. The van der Waals surface area contributed by atoms with Crippen LogP contribution in [-0.4, -0.2) is 58.5 Å². The second-order valence-electron chi connectivity index (χ2n) is 9.61. The van der Waals surface area contributed by atoms with Crippen LogP contribution < -0.4 is 19.1 Å². The molecule has 0 aliphatic carbocycles. The first-order valence-electron chi connectivity index (χ1n) is 13.6. The van der Waals surface area contributed by atoms with E-state index in [-0.39, 0.29) is 17.3 Å². The minimum atomic E-state index is -4.16. The molecule has 3 aromatic rings. The zero-order valence-corrected chi connectivity index (χ0v) is 25.1. The van der Waals surface area contributed by atoms with E-state index < -0.39 is 28.5 Å². The minimum absolute atomic E-state index is 0.0149. The Morgan fingerprint density at radius 3 is 1.93 bits per heavy atom. The van der Waals surface area contributed by atoms with E-state index in [2.05, 4.69) is 5.32 Å². The normalized spacial score (nSPS) is 11.8. The van der Waals surface area contributed by atoms with Crippen LogP contribution in [0.2, 0.25) is 0 Å². The highest BCUT2D eigenvalue weighted by Gasteiger charge is 2.33. The number of methoxy groups -OCH3 is 2. The van der Waals surface area contributed by atoms with Crippen molar-refractivity contribution in [2.24, 2.45) is 0 Å². The van der Waals surface area contributed by atoms with Gasteiger partial charge in [-0.25, -0.2) is 8.42 Å². The SMILES string of the molecule is CCCNC(=O)[C@@H](CC)N(Cc1ccc(OC)cc1)C(=O)CN(c1ccc(C)cc1)S(=O)(=O)c1ccc(OC)cc1. The number of nitrogens with one attached hydrogen (secondary N) is 1. The summed E-state index contributed by atoms with van der Waals surface area (Å²) in [6, 6.07) is 19.3. The molecule has 0 saturated carbocycles. The van der Waals surface area contributed by atoms with Crippen molar-refractivity contribution in [1.82, 2.24) is 10.2 Å². The van der Waals surface area contributed by atoms with E-state index in [1.54, 1.807) is 55.6 Å². The average molecular weight is 582 g/mol. The summed E-state index contributed by atoms with van der Waals surface area (Å²) in [5.74, 6) is 0.389. The molecule has 2 amide bonds. The number of carbonyl (C=O) groups excluding carboxylic acids is 2. The first-order valence-corrected chi connectivity index (χ1v) is 15.0. The van der Waals surface area contributed by atoms with Gasteiger partial charge in [0.15, 0.2) is 0 Å². The highest BCUT2D eigenvalue weighted by atomic mass is 32.2. The summed E-state index contributed by atoms with van der Waals surface area (Å²) < 4.78 is 39.4. The number of sulfonamides is 1. The van der Waals surface area contributed by atoms with E-state index in [0.717, 1.165) is 21.9 Å². The van der Waals surface area contributed by atoms with Crippen LogP contribution >= 0.6 is 0 Å². The molecule has 0 bridgehead atoms. The summed E-state index contributed by atoms with van der Waals surface area (Å²) in [5, 5.41) is 2.88. The quantitative estimate of drug-likeness (QED) is 0.300. The molecular weight excluding hydrogens is 542 g/mol. The van der Waals surface area contributed by atoms with Crippen LogP contribution in [0.4, 0.5) is 5.69 Å². The Labute approximate surface area is 243 Å². The fraction of sp³-hybridized carbons (Fsp3) is 0.355. The second kappa shape index (κ2) is 14.5. The minimum Gasteiger partial charge on any atom is -0.497 e. The van der Waals surface area contributed by atoms with E-state index in [9.17, 15) is 18.0 Å². The molecule has 0 spiro atoms. The maximum absolute atomic E-state index is 14.1. The highest BCUT2D eigenvalue weighted by Crippen LogP contribution is 2.26.